The molecule has 1 aromatic rings. The highest BCUT2D eigenvalue weighted by Gasteiger charge is 2.46. The molecule has 1 unspecified atom stereocenters. The Morgan fingerprint density at radius 3 is 2.62 bits per heavy atom. The maximum absolute atomic E-state index is 11.2. The van der Waals surface area contributed by atoms with Crippen molar-refractivity contribution in [2.75, 3.05) is 0 Å². The lowest BCUT2D eigenvalue weighted by atomic mass is 10.1. The summed E-state index contributed by atoms with van der Waals surface area (Å²) in [7, 11) is 0. The quantitative estimate of drug-likeness (QED) is 0.488. The van der Waals surface area contributed by atoms with Gasteiger partial charge in [-0.3, -0.25) is 4.79 Å². The van der Waals surface area contributed by atoms with Crippen molar-refractivity contribution < 1.29 is 14.6 Å². The van der Waals surface area contributed by atoms with Gasteiger partial charge in [-0.05, 0) is 12.0 Å². The van der Waals surface area contributed by atoms with E-state index in [2.05, 4.69) is 12.2 Å². The van der Waals surface area contributed by atoms with Crippen LogP contribution in [0.5, 0.6) is 0 Å². The lowest BCUT2D eigenvalue weighted by Gasteiger charge is -2.15. The Hall–Kier alpha value is -0.610. The van der Waals surface area contributed by atoms with Crippen molar-refractivity contribution in [2.24, 2.45) is 5.73 Å². The molecular weight excluding hydrogens is 245 g/mol. The monoisotopic (exact) mass is 260 g/mol. The predicted octanol–water partition coefficient (Wildman–Crippen LogP) is 1.45. The third kappa shape index (κ3) is 3.19. The van der Waals surface area contributed by atoms with Gasteiger partial charge in [0, 0.05) is 5.56 Å². The molecule has 4 nitrogen and oxygen atoms in total. The van der Waals surface area contributed by atoms with Crippen LogP contribution in [0.25, 0.3) is 0 Å². The first-order valence-electron chi connectivity index (χ1n) is 4.81. The van der Waals surface area contributed by atoms with Crippen molar-refractivity contribution in [1.29, 1.82) is 0 Å². The third-order valence-corrected chi connectivity index (χ3v) is 4.23. The Bertz CT molecular complexity index is 392. The maximum Gasteiger partial charge on any atom is 0.341 e. The number of hydrogen-bond acceptors (Lipinski definition) is 4. The van der Waals surface area contributed by atoms with Crippen molar-refractivity contribution in [3.8, 4) is 0 Å². The molecule has 0 radical (unpaired) electrons. The van der Waals surface area contributed by atoms with E-state index >= 15 is 0 Å². The minimum atomic E-state index is -3.61. The summed E-state index contributed by atoms with van der Waals surface area (Å²) < 4.78 is 0. The SMILES string of the molecule is CCc1cccc(C(C(N)=O)[P+](O)(O)S)c1. The number of rotatable bonds is 4. The van der Waals surface area contributed by atoms with E-state index in [1.807, 2.05) is 13.0 Å². The first-order valence-corrected chi connectivity index (χ1v) is 7.73. The smallest absolute Gasteiger partial charge is 0.341 e. The predicted molar refractivity (Wildman–Crippen MR) is 68.1 cm³/mol. The van der Waals surface area contributed by atoms with Crippen LogP contribution in [0.3, 0.4) is 0 Å². The van der Waals surface area contributed by atoms with E-state index in [1.54, 1.807) is 18.2 Å². The molecule has 1 aromatic carbocycles. The molecule has 4 N–H and O–H groups in total. The zero-order valence-corrected chi connectivity index (χ0v) is 10.7. The first kappa shape index (κ1) is 13.5. The summed E-state index contributed by atoms with van der Waals surface area (Å²) in [5, 5.41) is 0. The van der Waals surface area contributed by atoms with Crippen LogP contribution in [-0.2, 0) is 11.2 Å². The average molecular weight is 260 g/mol. The van der Waals surface area contributed by atoms with Gasteiger partial charge in [-0.1, -0.05) is 31.2 Å². The zero-order chi connectivity index (χ0) is 12.3. The van der Waals surface area contributed by atoms with Crippen LogP contribution in [0, 0.1) is 0 Å². The van der Waals surface area contributed by atoms with Crippen LogP contribution in [0.1, 0.15) is 23.7 Å². The first-order chi connectivity index (χ1) is 7.36. The molecule has 1 amide bonds. The van der Waals surface area contributed by atoms with Crippen LogP contribution >= 0.6 is 19.2 Å². The highest BCUT2D eigenvalue weighted by molar-refractivity contribution is 8.49. The van der Waals surface area contributed by atoms with Gasteiger partial charge in [0.2, 0.25) is 5.66 Å². The number of thiol groups is 1. The molecule has 6 heteroatoms. The highest BCUT2D eigenvalue weighted by atomic mass is 32.7. The fourth-order valence-corrected chi connectivity index (χ4v) is 3.16. The minimum absolute atomic E-state index is 0.500. The van der Waals surface area contributed by atoms with E-state index in [9.17, 15) is 14.6 Å². The van der Waals surface area contributed by atoms with Crippen LogP contribution in [-0.4, -0.2) is 15.7 Å². The number of amides is 1. The van der Waals surface area contributed by atoms with Crippen molar-refractivity contribution in [3.05, 3.63) is 35.4 Å². The molecule has 0 fully saturated rings. The van der Waals surface area contributed by atoms with Crippen LogP contribution in [0.2, 0.25) is 0 Å². The van der Waals surface area contributed by atoms with Crippen LogP contribution < -0.4 is 5.73 Å². The Labute approximate surface area is 100 Å². The lowest BCUT2D eigenvalue weighted by Crippen LogP contribution is -2.22. The van der Waals surface area contributed by atoms with Gasteiger partial charge in [-0.2, -0.15) is 0 Å². The second-order valence-electron chi connectivity index (χ2n) is 3.52. The molecule has 88 valence electrons. The maximum atomic E-state index is 11.2. The van der Waals surface area contributed by atoms with Gasteiger partial charge in [0.25, 0.3) is 5.91 Å². The molecule has 0 aliphatic rings. The molecule has 0 aromatic heterocycles. The second kappa shape index (κ2) is 5.15. The van der Waals surface area contributed by atoms with Gasteiger partial charge in [-0.25, -0.2) is 9.79 Å². The molecule has 0 aliphatic heterocycles. The molecule has 0 heterocycles. The highest BCUT2D eigenvalue weighted by Crippen LogP contribution is 2.66. The van der Waals surface area contributed by atoms with Crippen molar-refractivity contribution in [2.45, 2.75) is 19.0 Å². The normalized spacial score (nSPS) is 13.5. The Balaban J connectivity index is 3.16. The summed E-state index contributed by atoms with van der Waals surface area (Å²) >= 11 is 3.69. The standard InChI is InChI=1S/C10H14NO3PS/c1-2-7-4-3-5-8(6-7)9(10(11)12)15(13,14)16/h3-6,9,13-14,16H,2H2,1H3,(H-,11,12)/p+1. The summed E-state index contributed by atoms with van der Waals surface area (Å²) in [6.07, 6.45) is 0.800. The van der Waals surface area contributed by atoms with E-state index in [-0.39, 0.29) is 0 Å². The third-order valence-electron chi connectivity index (χ3n) is 2.29. The molecular formula is C10H15NO3PS+. The van der Waals surface area contributed by atoms with E-state index < -0.39 is 18.5 Å². The largest absolute Gasteiger partial charge is 0.366 e. The van der Waals surface area contributed by atoms with E-state index in [1.165, 1.54) is 0 Å². The van der Waals surface area contributed by atoms with E-state index in [0.717, 1.165) is 12.0 Å². The molecule has 0 aliphatic carbocycles. The number of aryl methyl sites for hydroxylation is 1. The number of benzene rings is 1. The molecule has 0 saturated heterocycles. The molecule has 1 rings (SSSR count). The van der Waals surface area contributed by atoms with Gasteiger partial charge < -0.3 is 5.73 Å². The van der Waals surface area contributed by atoms with Gasteiger partial charge in [-0.15, -0.1) is 0 Å². The van der Waals surface area contributed by atoms with Crippen LogP contribution in [0.4, 0.5) is 0 Å². The molecule has 1 atom stereocenters. The fraction of sp³-hybridized carbons (Fsp3) is 0.300. The number of carbonyl (C=O) groups is 1. The van der Waals surface area contributed by atoms with Gasteiger partial charge in [0.15, 0.2) is 0 Å². The second-order valence-corrected chi connectivity index (χ2v) is 7.03. The summed E-state index contributed by atoms with van der Waals surface area (Å²) in [5.41, 5.74) is 5.53. The number of nitrogens with two attached hydrogens (primary N) is 1. The molecule has 16 heavy (non-hydrogen) atoms. The average Bonchev–Trinajstić information content (AvgIpc) is 2.15. The van der Waals surface area contributed by atoms with Gasteiger partial charge >= 0.3 is 6.92 Å². The Kier molecular flexibility index (Phi) is 4.33. The molecule has 0 bridgehead atoms. The summed E-state index contributed by atoms with van der Waals surface area (Å²) in [6, 6.07) is 7.04. The Morgan fingerprint density at radius 2 is 2.19 bits per heavy atom. The van der Waals surface area contributed by atoms with Crippen molar-refractivity contribution >= 4 is 25.1 Å². The van der Waals surface area contributed by atoms with Crippen LogP contribution in [0.15, 0.2) is 24.3 Å². The van der Waals surface area contributed by atoms with E-state index in [0.29, 0.717) is 5.56 Å². The van der Waals surface area contributed by atoms with Gasteiger partial charge in [0.05, 0.1) is 12.2 Å². The fourth-order valence-electron chi connectivity index (χ4n) is 1.52. The number of hydrogen-bond donors (Lipinski definition) is 4. The Morgan fingerprint density at radius 1 is 1.56 bits per heavy atom. The zero-order valence-electron chi connectivity index (χ0n) is 8.87. The van der Waals surface area contributed by atoms with Crippen molar-refractivity contribution in [1.82, 2.24) is 0 Å². The lowest BCUT2D eigenvalue weighted by molar-refractivity contribution is -0.117. The van der Waals surface area contributed by atoms with E-state index in [4.69, 9.17) is 5.73 Å². The molecule has 0 spiro atoms. The summed E-state index contributed by atoms with van der Waals surface area (Å²) in [6.45, 7) is -1.64. The molecule has 0 saturated carbocycles. The number of primary amides is 1. The topological polar surface area (TPSA) is 83.6 Å². The van der Waals surface area contributed by atoms with Gasteiger partial charge in [0.1, 0.15) is 0 Å². The summed E-state index contributed by atoms with van der Waals surface area (Å²) in [5.74, 6) is -0.776. The number of carbonyl (C=O) groups excluding carboxylic acids is 1. The minimum Gasteiger partial charge on any atom is -0.366 e. The summed E-state index contributed by atoms with van der Waals surface area (Å²) in [4.78, 5) is 30.2. The van der Waals surface area contributed by atoms with Crippen molar-refractivity contribution in [3.63, 3.8) is 0 Å².